The third-order valence-corrected chi connectivity index (χ3v) is 4.69. The predicted octanol–water partition coefficient (Wildman–Crippen LogP) is -0.423. The second-order valence-corrected chi connectivity index (χ2v) is 5.83. The summed E-state index contributed by atoms with van der Waals surface area (Å²) < 4.78 is 5.37. The summed E-state index contributed by atoms with van der Waals surface area (Å²) in [6.07, 6.45) is 3.58. The fourth-order valence-electron chi connectivity index (χ4n) is 3.37. The summed E-state index contributed by atoms with van der Waals surface area (Å²) in [4.78, 5) is 14.3. The van der Waals surface area contributed by atoms with Gasteiger partial charge >= 0.3 is 0 Å². The number of amides is 1. The topological polar surface area (TPSA) is 53.6 Å². The van der Waals surface area contributed by atoms with E-state index >= 15 is 0 Å². The number of nitrogens with zero attached hydrogens (tertiary/aromatic N) is 1. The molecule has 0 aromatic rings. The van der Waals surface area contributed by atoms with Crippen LogP contribution in [-0.2, 0) is 9.53 Å². The lowest BCUT2D eigenvalue weighted by atomic mass is 9.78. The monoisotopic (exact) mass is 253 g/mol. The van der Waals surface area contributed by atoms with Crippen molar-refractivity contribution in [3.05, 3.63) is 0 Å². The van der Waals surface area contributed by atoms with Gasteiger partial charge in [0.1, 0.15) is 6.04 Å². The van der Waals surface area contributed by atoms with Gasteiger partial charge in [0, 0.05) is 26.2 Å². The van der Waals surface area contributed by atoms with E-state index < -0.39 is 0 Å². The van der Waals surface area contributed by atoms with E-state index in [1.165, 1.54) is 6.42 Å². The first kappa shape index (κ1) is 12.4. The Balaban J connectivity index is 1.53. The van der Waals surface area contributed by atoms with E-state index in [0.717, 1.165) is 52.2 Å². The summed E-state index contributed by atoms with van der Waals surface area (Å²) in [5, 5.41) is 6.70. The highest BCUT2D eigenvalue weighted by Crippen LogP contribution is 2.36. The predicted molar refractivity (Wildman–Crippen MR) is 68.3 cm³/mol. The van der Waals surface area contributed by atoms with Crippen molar-refractivity contribution in [3.63, 3.8) is 0 Å². The van der Waals surface area contributed by atoms with Gasteiger partial charge in [-0.1, -0.05) is 0 Å². The molecule has 3 heterocycles. The summed E-state index contributed by atoms with van der Waals surface area (Å²) >= 11 is 0. The Bertz CT molecular complexity index is 299. The fourth-order valence-corrected chi connectivity index (χ4v) is 3.37. The lowest BCUT2D eigenvalue weighted by molar-refractivity contribution is -0.138. The Morgan fingerprint density at radius 1 is 1.22 bits per heavy atom. The zero-order valence-electron chi connectivity index (χ0n) is 10.9. The van der Waals surface area contributed by atoms with Gasteiger partial charge in [-0.05, 0) is 31.2 Å². The third-order valence-electron chi connectivity index (χ3n) is 4.69. The first-order valence-corrected chi connectivity index (χ1v) is 7.10. The highest BCUT2D eigenvalue weighted by molar-refractivity contribution is 5.82. The molecule has 0 aromatic carbocycles. The number of morpholine rings is 1. The number of piperidine rings is 1. The van der Waals surface area contributed by atoms with Crippen molar-refractivity contribution < 1.29 is 9.53 Å². The Morgan fingerprint density at radius 3 is 2.67 bits per heavy atom. The average Bonchev–Trinajstić information content (AvgIpc) is 2.88. The van der Waals surface area contributed by atoms with Gasteiger partial charge in [0.15, 0.2) is 0 Å². The number of hydrogen-bond acceptors (Lipinski definition) is 4. The number of carbonyl (C=O) groups excluding carboxylic acids is 1. The molecule has 1 unspecified atom stereocenters. The van der Waals surface area contributed by atoms with Gasteiger partial charge in [-0.3, -0.25) is 4.79 Å². The molecule has 3 aliphatic heterocycles. The highest BCUT2D eigenvalue weighted by atomic mass is 16.5. The molecule has 0 bridgehead atoms. The first-order chi connectivity index (χ1) is 8.79. The SMILES string of the molecule is O=C(C1COCCN1)N1CCC2(CCNC2)CC1. The Morgan fingerprint density at radius 2 is 2.06 bits per heavy atom. The zero-order chi connectivity index (χ0) is 12.4. The van der Waals surface area contributed by atoms with E-state index in [-0.39, 0.29) is 11.9 Å². The van der Waals surface area contributed by atoms with Crippen molar-refractivity contribution in [2.45, 2.75) is 25.3 Å². The smallest absolute Gasteiger partial charge is 0.242 e. The Labute approximate surface area is 108 Å². The number of nitrogens with one attached hydrogen (secondary N) is 2. The van der Waals surface area contributed by atoms with Gasteiger partial charge in [-0.15, -0.1) is 0 Å². The molecule has 5 heteroatoms. The van der Waals surface area contributed by atoms with Crippen molar-refractivity contribution >= 4 is 5.91 Å². The van der Waals surface area contributed by atoms with Crippen LogP contribution in [0.5, 0.6) is 0 Å². The number of rotatable bonds is 1. The average molecular weight is 253 g/mol. The largest absolute Gasteiger partial charge is 0.378 e. The third kappa shape index (κ3) is 2.39. The van der Waals surface area contributed by atoms with E-state index in [2.05, 4.69) is 10.6 Å². The molecule has 102 valence electrons. The van der Waals surface area contributed by atoms with Crippen LogP contribution in [-0.4, -0.2) is 62.8 Å². The summed E-state index contributed by atoms with van der Waals surface area (Å²) in [5.41, 5.74) is 0.479. The first-order valence-electron chi connectivity index (χ1n) is 7.10. The molecule has 1 amide bonds. The number of ether oxygens (including phenoxy) is 1. The molecule has 1 spiro atoms. The molecule has 3 saturated heterocycles. The second kappa shape index (κ2) is 5.15. The van der Waals surface area contributed by atoms with Crippen molar-refractivity contribution in [1.82, 2.24) is 15.5 Å². The molecule has 3 fully saturated rings. The lowest BCUT2D eigenvalue weighted by Crippen LogP contribution is -2.55. The molecule has 18 heavy (non-hydrogen) atoms. The molecule has 5 nitrogen and oxygen atoms in total. The highest BCUT2D eigenvalue weighted by Gasteiger charge is 2.39. The van der Waals surface area contributed by atoms with E-state index in [1.807, 2.05) is 4.90 Å². The standard InChI is InChI=1S/C13H23N3O2/c17-12(11-9-18-8-5-15-11)16-6-2-13(3-7-16)1-4-14-10-13/h11,14-15H,1-10H2. The minimum absolute atomic E-state index is 0.116. The molecule has 0 saturated carbocycles. The van der Waals surface area contributed by atoms with Crippen LogP contribution in [0.1, 0.15) is 19.3 Å². The van der Waals surface area contributed by atoms with E-state index in [9.17, 15) is 4.79 Å². The van der Waals surface area contributed by atoms with Crippen molar-refractivity contribution in [2.75, 3.05) is 45.9 Å². The van der Waals surface area contributed by atoms with E-state index in [1.54, 1.807) is 0 Å². The van der Waals surface area contributed by atoms with Gasteiger partial charge in [-0.25, -0.2) is 0 Å². The van der Waals surface area contributed by atoms with Crippen LogP contribution in [0.3, 0.4) is 0 Å². The molecule has 2 N–H and O–H groups in total. The molecule has 0 aliphatic carbocycles. The summed E-state index contributed by atoms with van der Waals surface area (Å²) in [6, 6.07) is -0.116. The van der Waals surface area contributed by atoms with Crippen molar-refractivity contribution in [1.29, 1.82) is 0 Å². The van der Waals surface area contributed by atoms with E-state index in [0.29, 0.717) is 12.0 Å². The van der Waals surface area contributed by atoms with Crippen LogP contribution in [0.25, 0.3) is 0 Å². The summed E-state index contributed by atoms with van der Waals surface area (Å²) in [7, 11) is 0. The second-order valence-electron chi connectivity index (χ2n) is 5.83. The van der Waals surface area contributed by atoms with Gasteiger partial charge < -0.3 is 20.3 Å². The summed E-state index contributed by atoms with van der Waals surface area (Å²) in [5.74, 6) is 0.232. The molecule has 0 radical (unpaired) electrons. The maximum Gasteiger partial charge on any atom is 0.242 e. The Kier molecular flexibility index (Phi) is 3.54. The maximum absolute atomic E-state index is 12.3. The van der Waals surface area contributed by atoms with Gasteiger partial charge in [0.2, 0.25) is 5.91 Å². The number of carbonyl (C=O) groups is 1. The van der Waals surface area contributed by atoms with Crippen LogP contribution in [0.4, 0.5) is 0 Å². The molecular weight excluding hydrogens is 230 g/mol. The van der Waals surface area contributed by atoms with Crippen LogP contribution in [0, 0.1) is 5.41 Å². The number of likely N-dealkylation sites (tertiary alicyclic amines) is 1. The number of hydrogen-bond donors (Lipinski definition) is 2. The van der Waals surface area contributed by atoms with Crippen LogP contribution >= 0.6 is 0 Å². The molecule has 1 atom stereocenters. The molecular formula is C13H23N3O2. The van der Waals surface area contributed by atoms with Crippen LogP contribution in [0.2, 0.25) is 0 Å². The minimum atomic E-state index is -0.116. The van der Waals surface area contributed by atoms with Gasteiger partial charge in [0.05, 0.1) is 13.2 Å². The fraction of sp³-hybridized carbons (Fsp3) is 0.923. The van der Waals surface area contributed by atoms with E-state index in [4.69, 9.17) is 4.74 Å². The quantitative estimate of drug-likeness (QED) is 0.666. The Hall–Kier alpha value is -0.650. The zero-order valence-corrected chi connectivity index (χ0v) is 10.9. The minimum Gasteiger partial charge on any atom is -0.378 e. The molecule has 0 aromatic heterocycles. The summed E-state index contributed by atoms with van der Waals surface area (Å²) in [6.45, 7) is 6.15. The molecule has 3 aliphatic rings. The van der Waals surface area contributed by atoms with Crippen molar-refractivity contribution in [3.8, 4) is 0 Å². The van der Waals surface area contributed by atoms with Gasteiger partial charge in [-0.2, -0.15) is 0 Å². The van der Waals surface area contributed by atoms with Crippen molar-refractivity contribution in [2.24, 2.45) is 5.41 Å². The maximum atomic E-state index is 12.3. The lowest BCUT2D eigenvalue weighted by Gasteiger charge is -2.40. The van der Waals surface area contributed by atoms with Crippen LogP contribution < -0.4 is 10.6 Å². The molecule has 3 rings (SSSR count). The normalized spacial score (nSPS) is 31.8. The van der Waals surface area contributed by atoms with Crippen LogP contribution in [0.15, 0.2) is 0 Å². The van der Waals surface area contributed by atoms with Gasteiger partial charge in [0.25, 0.3) is 0 Å².